The lowest BCUT2D eigenvalue weighted by atomic mass is 9.78. The Labute approximate surface area is 239 Å². The number of likely N-dealkylation sites (tertiary alicyclic amines) is 1. The number of carbonyl (C=O) groups is 1. The highest BCUT2D eigenvalue weighted by Gasteiger charge is 2.48. The number of hydrogen-bond acceptors (Lipinski definition) is 8. The van der Waals surface area contributed by atoms with Gasteiger partial charge in [-0.3, -0.25) is 4.79 Å². The van der Waals surface area contributed by atoms with Crippen LogP contribution in [0, 0.1) is 0 Å². The molecule has 1 aliphatic heterocycles. The van der Waals surface area contributed by atoms with E-state index < -0.39 is 29.7 Å². The van der Waals surface area contributed by atoms with Crippen LogP contribution in [0.3, 0.4) is 0 Å². The Kier molecular flexibility index (Phi) is 9.04. The summed E-state index contributed by atoms with van der Waals surface area (Å²) < 4.78 is 50.4. The number of anilines is 1. The Balaban J connectivity index is 1.66. The van der Waals surface area contributed by atoms with Gasteiger partial charge in [0.25, 0.3) is 0 Å². The average Bonchev–Trinajstić information content (AvgIpc) is 2.82. The first-order valence-corrected chi connectivity index (χ1v) is 14.3. The van der Waals surface area contributed by atoms with Gasteiger partial charge in [-0.25, -0.2) is 15.0 Å². The number of aliphatic hydroxyl groups is 1. The zero-order valence-corrected chi connectivity index (χ0v) is 24.7. The molecule has 228 valence electrons. The van der Waals surface area contributed by atoms with E-state index in [1.165, 1.54) is 14.0 Å². The molecule has 2 aromatic rings. The standard InChI is InChI=1S/C29H42F3N5O4/c1-17(11-29(30,31)32)35-26-34-15-22-24(36-26)21(18-7-9-19(38)10-8-18)14-33-25(22)41-20-12-27(2,3)37(23(39)16-40-6)28(4,5)13-20/h14-15,17-20,38H,7-13,16H2,1-6H3,(H,34,35,36). The summed E-state index contributed by atoms with van der Waals surface area (Å²) in [4.78, 5) is 28.5. The number of nitrogens with one attached hydrogen (secondary N) is 1. The van der Waals surface area contributed by atoms with Gasteiger partial charge in [0.15, 0.2) is 0 Å². The number of methoxy groups -OCH3 is 1. The first-order chi connectivity index (χ1) is 19.1. The second kappa shape index (κ2) is 11.9. The fraction of sp³-hybridized carbons (Fsp3) is 0.724. The van der Waals surface area contributed by atoms with Crippen LogP contribution in [-0.2, 0) is 9.53 Å². The molecule has 1 saturated carbocycles. The third kappa shape index (κ3) is 7.38. The summed E-state index contributed by atoms with van der Waals surface area (Å²) >= 11 is 0. The Morgan fingerprint density at radius 3 is 2.34 bits per heavy atom. The monoisotopic (exact) mass is 581 g/mol. The zero-order chi connectivity index (χ0) is 30.2. The summed E-state index contributed by atoms with van der Waals surface area (Å²) in [6, 6.07) is -0.909. The third-order valence-corrected chi connectivity index (χ3v) is 8.12. The molecule has 3 heterocycles. The molecule has 1 saturated heterocycles. The topological polar surface area (TPSA) is 110 Å². The first-order valence-electron chi connectivity index (χ1n) is 14.3. The molecule has 2 aromatic heterocycles. The number of alkyl halides is 3. The van der Waals surface area contributed by atoms with Gasteiger partial charge in [0, 0.05) is 55.0 Å². The number of piperidine rings is 1. The number of fused-ring (bicyclic) bond motifs is 1. The number of pyridine rings is 1. The minimum atomic E-state index is -4.31. The van der Waals surface area contributed by atoms with Crippen molar-refractivity contribution < 1.29 is 32.5 Å². The maximum absolute atomic E-state index is 12.9. The minimum Gasteiger partial charge on any atom is -0.474 e. The average molecular weight is 582 g/mol. The van der Waals surface area contributed by atoms with E-state index in [4.69, 9.17) is 9.47 Å². The van der Waals surface area contributed by atoms with Crippen molar-refractivity contribution in [3.63, 3.8) is 0 Å². The van der Waals surface area contributed by atoms with Crippen LogP contribution >= 0.6 is 0 Å². The number of ether oxygens (including phenoxy) is 2. The maximum atomic E-state index is 12.9. The van der Waals surface area contributed by atoms with Gasteiger partial charge in [0.05, 0.1) is 23.4 Å². The van der Waals surface area contributed by atoms with Crippen LogP contribution in [0.2, 0.25) is 0 Å². The van der Waals surface area contributed by atoms with Crippen LogP contribution in [-0.4, -0.2) is 80.1 Å². The van der Waals surface area contributed by atoms with Crippen LogP contribution in [0.15, 0.2) is 12.4 Å². The van der Waals surface area contributed by atoms with Crippen molar-refractivity contribution in [2.45, 2.75) is 121 Å². The zero-order valence-electron chi connectivity index (χ0n) is 24.7. The number of halogens is 3. The third-order valence-electron chi connectivity index (χ3n) is 8.12. The molecule has 1 unspecified atom stereocenters. The largest absolute Gasteiger partial charge is 0.474 e. The normalized spacial score (nSPS) is 23.8. The maximum Gasteiger partial charge on any atom is 0.391 e. The number of nitrogens with zero attached hydrogens (tertiary/aromatic N) is 4. The van der Waals surface area contributed by atoms with Crippen molar-refractivity contribution in [2.75, 3.05) is 19.0 Å². The number of aromatic nitrogens is 3. The van der Waals surface area contributed by atoms with Crippen molar-refractivity contribution in [1.29, 1.82) is 0 Å². The van der Waals surface area contributed by atoms with Crippen LogP contribution in [0.25, 0.3) is 10.9 Å². The molecule has 1 amide bonds. The molecular weight excluding hydrogens is 539 g/mol. The summed E-state index contributed by atoms with van der Waals surface area (Å²) in [6.45, 7) is 9.47. The number of aliphatic hydroxyl groups excluding tert-OH is 1. The van der Waals surface area contributed by atoms with Gasteiger partial charge in [0.2, 0.25) is 17.7 Å². The summed E-state index contributed by atoms with van der Waals surface area (Å²) in [5.74, 6) is 0.476. The SMILES string of the molecule is COCC(=O)N1C(C)(C)CC(Oc2ncc(C3CCC(O)CC3)c3nc(NC(C)CC(F)(F)F)ncc23)CC1(C)C. The Hall–Kier alpha value is -2.73. The van der Waals surface area contributed by atoms with Crippen LogP contribution in [0.4, 0.5) is 19.1 Å². The van der Waals surface area contributed by atoms with E-state index in [1.54, 1.807) is 12.4 Å². The molecule has 2 aliphatic rings. The molecule has 2 N–H and O–H groups in total. The van der Waals surface area contributed by atoms with E-state index in [0.717, 1.165) is 18.4 Å². The summed E-state index contributed by atoms with van der Waals surface area (Å²) in [7, 11) is 1.50. The summed E-state index contributed by atoms with van der Waals surface area (Å²) in [5.41, 5.74) is 0.430. The van der Waals surface area contributed by atoms with Gasteiger partial charge in [-0.15, -0.1) is 0 Å². The Bertz CT molecular complexity index is 1210. The van der Waals surface area contributed by atoms with Crippen molar-refractivity contribution >= 4 is 22.8 Å². The summed E-state index contributed by atoms with van der Waals surface area (Å²) in [5, 5.41) is 13.4. The fourth-order valence-electron chi connectivity index (χ4n) is 6.78. The molecule has 1 atom stereocenters. The van der Waals surface area contributed by atoms with E-state index in [-0.39, 0.29) is 36.6 Å². The highest BCUT2D eigenvalue weighted by Crippen LogP contribution is 2.42. The molecule has 2 fully saturated rings. The Morgan fingerprint density at radius 1 is 1.12 bits per heavy atom. The lowest BCUT2D eigenvalue weighted by Gasteiger charge is -2.54. The quantitative estimate of drug-likeness (QED) is 0.428. The van der Waals surface area contributed by atoms with E-state index in [2.05, 4.69) is 20.3 Å². The fourth-order valence-corrected chi connectivity index (χ4v) is 6.78. The smallest absolute Gasteiger partial charge is 0.391 e. The predicted octanol–water partition coefficient (Wildman–Crippen LogP) is 5.37. The number of rotatable bonds is 8. The lowest BCUT2D eigenvalue weighted by Crippen LogP contribution is -2.65. The molecule has 41 heavy (non-hydrogen) atoms. The van der Waals surface area contributed by atoms with Gasteiger partial charge >= 0.3 is 6.18 Å². The van der Waals surface area contributed by atoms with Gasteiger partial charge in [0.1, 0.15) is 12.7 Å². The molecular formula is C29H42F3N5O4. The van der Waals surface area contributed by atoms with Crippen molar-refractivity contribution in [3.05, 3.63) is 18.0 Å². The first kappa shape index (κ1) is 31.2. The number of carbonyl (C=O) groups excluding carboxylic acids is 1. The molecule has 0 radical (unpaired) electrons. The second-order valence-corrected chi connectivity index (χ2v) is 12.8. The van der Waals surface area contributed by atoms with E-state index in [1.807, 2.05) is 32.6 Å². The molecule has 0 spiro atoms. The van der Waals surface area contributed by atoms with Crippen LogP contribution < -0.4 is 10.1 Å². The molecule has 12 heteroatoms. The second-order valence-electron chi connectivity index (χ2n) is 12.8. The highest BCUT2D eigenvalue weighted by molar-refractivity contribution is 5.86. The van der Waals surface area contributed by atoms with E-state index in [9.17, 15) is 23.1 Å². The van der Waals surface area contributed by atoms with Gasteiger partial charge in [-0.05, 0) is 66.2 Å². The molecule has 4 rings (SSSR count). The van der Waals surface area contributed by atoms with Gasteiger partial charge < -0.3 is 24.8 Å². The van der Waals surface area contributed by atoms with E-state index in [0.29, 0.717) is 42.5 Å². The van der Waals surface area contributed by atoms with Crippen molar-refractivity contribution in [3.8, 4) is 5.88 Å². The summed E-state index contributed by atoms with van der Waals surface area (Å²) in [6.07, 6.45) is 1.33. The highest BCUT2D eigenvalue weighted by atomic mass is 19.4. The van der Waals surface area contributed by atoms with Gasteiger partial charge in [-0.2, -0.15) is 13.2 Å². The van der Waals surface area contributed by atoms with Crippen molar-refractivity contribution in [2.24, 2.45) is 0 Å². The number of amides is 1. The van der Waals surface area contributed by atoms with Gasteiger partial charge in [-0.1, -0.05) is 0 Å². The molecule has 0 aromatic carbocycles. The van der Waals surface area contributed by atoms with E-state index >= 15 is 0 Å². The lowest BCUT2D eigenvalue weighted by molar-refractivity contribution is -0.157. The molecule has 9 nitrogen and oxygen atoms in total. The van der Waals surface area contributed by atoms with Crippen LogP contribution in [0.1, 0.15) is 91.0 Å². The predicted molar refractivity (Wildman–Crippen MR) is 149 cm³/mol. The number of hydrogen-bond donors (Lipinski definition) is 2. The minimum absolute atomic E-state index is 0.000467. The van der Waals surface area contributed by atoms with Crippen LogP contribution in [0.5, 0.6) is 5.88 Å². The Morgan fingerprint density at radius 2 is 1.76 bits per heavy atom. The molecule has 1 aliphatic carbocycles. The molecule has 0 bridgehead atoms. The van der Waals surface area contributed by atoms with Crippen molar-refractivity contribution in [1.82, 2.24) is 19.9 Å².